The van der Waals surface area contributed by atoms with E-state index in [1.165, 1.54) is 44.4 Å². The first-order chi connectivity index (χ1) is 21.4. The number of carbonyl (C=O) groups excluding carboxylic acids is 2. The number of nitrogens with zero attached hydrogens (tertiary/aromatic N) is 1. The van der Waals surface area contributed by atoms with E-state index >= 15 is 0 Å². The highest BCUT2D eigenvalue weighted by molar-refractivity contribution is 6.06. The maximum absolute atomic E-state index is 12.7. The minimum absolute atomic E-state index is 0.0162. The smallest absolute Gasteiger partial charge is 0.163 e. The molecule has 0 atom stereocenters. The van der Waals surface area contributed by atoms with E-state index in [9.17, 15) is 14.7 Å². The van der Waals surface area contributed by atoms with Gasteiger partial charge in [-0.2, -0.15) is 0 Å². The molecule has 0 aliphatic carbocycles. The molecule has 4 rings (SSSR count). The Hall–Kier alpha value is -3.97. The summed E-state index contributed by atoms with van der Waals surface area (Å²) in [5, 5.41) is 14.0. The van der Waals surface area contributed by atoms with Gasteiger partial charge in [-0.3, -0.25) is 9.59 Å². The van der Waals surface area contributed by atoms with Gasteiger partial charge in [0, 0.05) is 12.6 Å². The molecule has 0 saturated carbocycles. The molecule has 234 valence electrons. The van der Waals surface area contributed by atoms with Crippen LogP contribution in [0.1, 0.15) is 85.6 Å². The fraction of sp³-hybridized carbons (Fsp3) is 0.432. The van der Waals surface area contributed by atoms with Crippen LogP contribution in [-0.4, -0.2) is 41.9 Å². The lowest BCUT2D eigenvalue weighted by atomic mass is 9.92. The number of piperidine rings is 1. The molecule has 2 aromatic carbocycles. The van der Waals surface area contributed by atoms with Crippen LogP contribution in [0.2, 0.25) is 0 Å². The number of nitrogen functional groups attached to an aromatic ring is 1. The number of ether oxygens (including phenoxy) is 1. The second kappa shape index (κ2) is 17.4. The monoisotopic (exact) mass is 597 g/mol. The summed E-state index contributed by atoms with van der Waals surface area (Å²) in [4.78, 5) is 29.5. The Morgan fingerprint density at radius 3 is 2.55 bits per heavy atom. The number of anilines is 1. The van der Waals surface area contributed by atoms with E-state index in [4.69, 9.17) is 10.5 Å². The first kappa shape index (κ1) is 32.9. The van der Waals surface area contributed by atoms with Crippen LogP contribution in [0.4, 0.5) is 5.82 Å². The second-order valence-corrected chi connectivity index (χ2v) is 11.9. The number of pyridine rings is 1. The average molecular weight is 598 g/mol. The molecule has 0 amide bonds. The molecule has 1 aliphatic heterocycles. The van der Waals surface area contributed by atoms with Gasteiger partial charge in [0.25, 0.3) is 0 Å². The molecule has 4 N–H and O–H groups in total. The summed E-state index contributed by atoms with van der Waals surface area (Å²) in [6.07, 6.45) is 15.5. The molecule has 7 heteroatoms. The molecule has 44 heavy (non-hydrogen) atoms. The first-order valence-corrected chi connectivity index (χ1v) is 16.0. The van der Waals surface area contributed by atoms with Gasteiger partial charge in [0.2, 0.25) is 0 Å². The number of carbonyl (C=O) groups is 2. The number of aromatic nitrogens is 1. The number of nitrogens with two attached hydrogens (primary N) is 1. The molecule has 0 spiro atoms. The molecule has 0 bridgehead atoms. The molecule has 1 fully saturated rings. The summed E-state index contributed by atoms with van der Waals surface area (Å²) in [5.74, 6) is 1.40. The minimum Gasteiger partial charge on any atom is -0.504 e. The molecule has 0 radical (unpaired) electrons. The van der Waals surface area contributed by atoms with Crippen molar-refractivity contribution in [3.63, 3.8) is 0 Å². The highest BCUT2D eigenvalue weighted by Crippen LogP contribution is 2.32. The number of phenolic OH excluding ortho intramolecular Hbond substituents is 1. The van der Waals surface area contributed by atoms with E-state index in [1.807, 2.05) is 24.3 Å². The summed E-state index contributed by atoms with van der Waals surface area (Å²) in [5.41, 5.74) is 10.9. The first-order valence-electron chi connectivity index (χ1n) is 16.0. The number of aryl methyl sites for hydroxylation is 2. The lowest BCUT2D eigenvalue weighted by molar-refractivity contribution is -0.124. The molecule has 0 unspecified atom stereocenters. The molecular formula is C37H47N3O4. The third kappa shape index (κ3) is 10.6. The van der Waals surface area contributed by atoms with E-state index in [0.717, 1.165) is 73.4 Å². The molecule has 3 aromatic rings. The Morgan fingerprint density at radius 2 is 1.77 bits per heavy atom. The number of aromatic hydroxyl groups is 1. The number of hydrogen-bond acceptors (Lipinski definition) is 7. The van der Waals surface area contributed by atoms with Crippen LogP contribution in [0, 0.1) is 5.92 Å². The van der Waals surface area contributed by atoms with E-state index in [0.29, 0.717) is 24.4 Å². The summed E-state index contributed by atoms with van der Waals surface area (Å²) < 4.78 is 5.34. The molecule has 2 heterocycles. The second-order valence-electron chi connectivity index (χ2n) is 11.9. The number of methoxy groups -OCH3 is 1. The Balaban J connectivity index is 1.33. The highest BCUT2D eigenvalue weighted by atomic mass is 16.5. The number of ketones is 2. The van der Waals surface area contributed by atoms with Crippen molar-refractivity contribution in [2.45, 2.75) is 77.0 Å². The summed E-state index contributed by atoms with van der Waals surface area (Å²) in [6.45, 7) is 2.28. The normalized spacial score (nSPS) is 13.8. The fourth-order valence-corrected chi connectivity index (χ4v) is 5.97. The summed E-state index contributed by atoms with van der Waals surface area (Å²) in [6, 6.07) is 15.6. The van der Waals surface area contributed by atoms with Crippen molar-refractivity contribution in [2.75, 3.05) is 25.9 Å². The topological polar surface area (TPSA) is 115 Å². The zero-order valence-electron chi connectivity index (χ0n) is 26.0. The fourth-order valence-electron chi connectivity index (χ4n) is 5.97. The van der Waals surface area contributed by atoms with Crippen molar-refractivity contribution in [1.82, 2.24) is 10.3 Å². The van der Waals surface area contributed by atoms with Crippen LogP contribution in [0.15, 0.2) is 60.8 Å². The van der Waals surface area contributed by atoms with Gasteiger partial charge in [-0.25, -0.2) is 4.98 Å². The van der Waals surface area contributed by atoms with Crippen LogP contribution in [-0.2, 0) is 28.9 Å². The van der Waals surface area contributed by atoms with Crippen LogP contribution in [0.3, 0.4) is 0 Å². The molecule has 1 aliphatic rings. The third-order valence-corrected chi connectivity index (χ3v) is 8.55. The number of rotatable bonds is 17. The SMILES string of the molecule is COc1cc(C=CC(=O)CC(=O)CCCCCCC2CCNCC2)c(Cc2cnc(N)cc2CCc2ccccc2)cc1O. The van der Waals surface area contributed by atoms with Gasteiger partial charge >= 0.3 is 0 Å². The van der Waals surface area contributed by atoms with Gasteiger partial charge in [0.15, 0.2) is 17.3 Å². The van der Waals surface area contributed by atoms with Crippen LogP contribution < -0.4 is 15.8 Å². The molecular weight excluding hydrogens is 550 g/mol. The van der Waals surface area contributed by atoms with Crippen LogP contribution in [0.25, 0.3) is 6.08 Å². The Morgan fingerprint density at radius 1 is 1.00 bits per heavy atom. The Kier molecular flexibility index (Phi) is 13.0. The number of phenols is 1. The quantitative estimate of drug-likeness (QED) is 0.0908. The van der Waals surface area contributed by atoms with Crippen molar-refractivity contribution in [3.8, 4) is 11.5 Å². The predicted molar refractivity (Wildman–Crippen MR) is 177 cm³/mol. The Bertz CT molecular complexity index is 1400. The molecule has 1 aromatic heterocycles. The summed E-state index contributed by atoms with van der Waals surface area (Å²) >= 11 is 0. The standard InChI is InChI=1S/C37H47N3O4/c1-44-36-23-29(15-16-34(42)25-33(41)12-8-3-2-5-11-28-17-19-39-20-18-28)31(22-35(36)43)21-32-26-40-37(38)24-30(32)14-13-27-9-6-4-7-10-27/h4,6-7,9-10,15-16,22-24,26,28,39,43H,2-3,5,8,11-14,17-21,25H2,1H3,(H2,38,40). The van der Waals surface area contributed by atoms with Crippen LogP contribution in [0.5, 0.6) is 11.5 Å². The average Bonchev–Trinajstić information content (AvgIpc) is 3.03. The van der Waals surface area contributed by atoms with Gasteiger partial charge in [0.1, 0.15) is 11.6 Å². The van der Waals surface area contributed by atoms with Crippen molar-refractivity contribution in [1.29, 1.82) is 0 Å². The number of allylic oxidation sites excluding steroid dienone is 1. The van der Waals surface area contributed by atoms with Crippen molar-refractivity contribution < 1.29 is 19.4 Å². The maximum Gasteiger partial charge on any atom is 0.163 e. The van der Waals surface area contributed by atoms with Gasteiger partial charge < -0.3 is 20.9 Å². The maximum atomic E-state index is 12.7. The van der Waals surface area contributed by atoms with Gasteiger partial charge in [-0.05, 0) is 110 Å². The van der Waals surface area contributed by atoms with E-state index < -0.39 is 0 Å². The van der Waals surface area contributed by atoms with Crippen molar-refractivity contribution in [3.05, 3.63) is 88.6 Å². The zero-order valence-corrected chi connectivity index (χ0v) is 26.0. The number of nitrogens with one attached hydrogen (secondary N) is 1. The highest BCUT2D eigenvalue weighted by Gasteiger charge is 2.14. The van der Waals surface area contributed by atoms with E-state index in [2.05, 4.69) is 22.4 Å². The van der Waals surface area contributed by atoms with Crippen molar-refractivity contribution >= 4 is 23.5 Å². The van der Waals surface area contributed by atoms with E-state index in [-0.39, 0.29) is 23.7 Å². The molecule has 1 saturated heterocycles. The predicted octanol–water partition coefficient (Wildman–Crippen LogP) is 6.64. The number of benzene rings is 2. The number of Topliss-reactive ketones (excluding diaryl/α,β-unsaturated/α-hetero) is 1. The molecule has 7 nitrogen and oxygen atoms in total. The van der Waals surface area contributed by atoms with Gasteiger partial charge in [0.05, 0.1) is 13.5 Å². The Labute approximate surface area is 261 Å². The van der Waals surface area contributed by atoms with Gasteiger partial charge in [-0.1, -0.05) is 62.1 Å². The third-order valence-electron chi connectivity index (χ3n) is 8.55. The largest absolute Gasteiger partial charge is 0.504 e. The van der Waals surface area contributed by atoms with Crippen LogP contribution >= 0.6 is 0 Å². The van der Waals surface area contributed by atoms with E-state index in [1.54, 1.807) is 24.4 Å². The minimum atomic E-state index is -0.225. The lowest BCUT2D eigenvalue weighted by Gasteiger charge is -2.22. The number of unbranched alkanes of at least 4 members (excludes halogenated alkanes) is 3. The lowest BCUT2D eigenvalue weighted by Crippen LogP contribution is -2.27. The van der Waals surface area contributed by atoms with Crippen molar-refractivity contribution in [2.24, 2.45) is 5.92 Å². The number of hydrogen-bond donors (Lipinski definition) is 3. The van der Waals surface area contributed by atoms with Gasteiger partial charge in [-0.15, -0.1) is 0 Å². The summed E-state index contributed by atoms with van der Waals surface area (Å²) in [7, 11) is 1.49. The zero-order chi connectivity index (χ0) is 31.1.